The van der Waals surface area contributed by atoms with Crippen molar-refractivity contribution in [3.63, 3.8) is 0 Å². The Balaban J connectivity index is 2.36. The maximum absolute atomic E-state index is 13.1. The molecule has 0 heterocycles. The van der Waals surface area contributed by atoms with Crippen LogP contribution in [0.25, 0.3) is 0 Å². The average molecular weight is 447 g/mol. The second-order valence-electron chi connectivity index (χ2n) is 6.36. The number of amides is 1. The predicted octanol–water partition coefficient (Wildman–Crippen LogP) is 4.55. The van der Waals surface area contributed by atoms with Crippen LogP contribution in [0.2, 0.25) is 10.0 Å². The van der Waals surface area contributed by atoms with Crippen molar-refractivity contribution < 1.29 is 17.6 Å². The van der Waals surface area contributed by atoms with Gasteiger partial charge in [-0.05, 0) is 49.2 Å². The SMILES string of the molecule is CC[C@@H](C(=O)N[C@H](C)c1ccc(F)cc1)N(c1cc(Cl)ccc1Cl)S(C)(=O)=O. The van der Waals surface area contributed by atoms with Crippen molar-refractivity contribution in [2.45, 2.75) is 32.4 Å². The predicted molar refractivity (Wildman–Crippen MR) is 111 cm³/mol. The van der Waals surface area contributed by atoms with Gasteiger partial charge in [-0.2, -0.15) is 0 Å². The molecule has 152 valence electrons. The summed E-state index contributed by atoms with van der Waals surface area (Å²) < 4.78 is 39.1. The number of benzene rings is 2. The summed E-state index contributed by atoms with van der Waals surface area (Å²) in [6, 6.07) is 8.65. The van der Waals surface area contributed by atoms with Crippen molar-refractivity contribution >= 4 is 44.8 Å². The number of rotatable bonds is 7. The first-order valence-corrected chi connectivity index (χ1v) is 11.1. The molecule has 0 aliphatic rings. The summed E-state index contributed by atoms with van der Waals surface area (Å²) in [6.45, 7) is 3.43. The monoisotopic (exact) mass is 446 g/mol. The van der Waals surface area contributed by atoms with E-state index in [1.165, 1.54) is 30.3 Å². The molecule has 2 aromatic rings. The first-order valence-electron chi connectivity index (χ1n) is 8.55. The Bertz CT molecular complexity index is 952. The molecular formula is C19H21Cl2FN2O3S. The van der Waals surface area contributed by atoms with Crippen LogP contribution in [0.4, 0.5) is 10.1 Å². The van der Waals surface area contributed by atoms with Gasteiger partial charge < -0.3 is 5.32 Å². The van der Waals surface area contributed by atoms with E-state index in [0.717, 1.165) is 10.6 Å². The van der Waals surface area contributed by atoms with Crippen LogP contribution >= 0.6 is 23.2 Å². The first-order chi connectivity index (χ1) is 13.0. The molecule has 0 unspecified atom stereocenters. The molecule has 0 bridgehead atoms. The zero-order valence-corrected chi connectivity index (χ0v) is 17.9. The van der Waals surface area contributed by atoms with Crippen LogP contribution in [-0.2, 0) is 14.8 Å². The number of nitrogens with zero attached hydrogens (tertiary/aromatic N) is 1. The largest absolute Gasteiger partial charge is 0.348 e. The van der Waals surface area contributed by atoms with Gasteiger partial charge in [-0.25, -0.2) is 12.8 Å². The van der Waals surface area contributed by atoms with Gasteiger partial charge in [0.1, 0.15) is 11.9 Å². The van der Waals surface area contributed by atoms with Crippen molar-refractivity contribution in [2.75, 3.05) is 10.6 Å². The summed E-state index contributed by atoms with van der Waals surface area (Å²) in [5, 5.41) is 3.23. The van der Waals surface area contributed by atoms with E-state index in [1.54, 1.807) is 26.0 Å². The minimum atomic E-state index is -3.84. The Morgan fingerprint density at radius 3 is 2.32 bits per heavy atom. The summed E-state index contributed by atoms with van der Waals surface area (Å²) in [5.41, 5.74) is 0.824. The van der Waals surface area contributed by atoms with E-state index in [2.05, 4.69) is 5.32 Å². The summed E-state index contributed by atoms with van der Waals surface area (Å²) in [6.07, 6.45) is 1.21. The molecule has 1 N–H and O–H groups in total. The van der Waals surface area contributed by atoms with Gasteiger partial charge >= 0.3 is 0 Å². The topological polar surface area (TPSA) is 66.5 Å². The third-order valence-electron chi connectivity index (χ3n) is 4.20. The minimum Gasteiger partial charge on any atom is -0.348 e. The number of nitrogens with one attached hydrogen (secondary N) is 1. The van der Waals surface area contributed by atoms with E-state index in [1.807, 2.05) is 0 Å². The van der Waals surface area contributed by atoms with E-state index in [0.29, 0.717) is 10.6 Å². The number of carbonyl (C=O) groups excluding carboxylic acids is 1. The van der Waals surface area contributed by atoms with Crippen molar-refractivity contribution in [2.24, 2.45) is 0 Å². The highest BCUT2D eigenvalue weighted by atomic mass is 35.5. The molecule has 0 spiro atoms. The van der Waals surface area contributed by atoms with Crippen LogP contribution in [0, 0.1) is 5.82 Å². The zero-order chi connectivity index (χ0) is 21.1. The van der Waals surface area contributed by atoms with Crippen molar-refractivity contribution in [1.82, 2.24) is 5.32 Å². The molecule has 0 fully saturated rings. The summed E-state index contributed by atoms with van der Waals surface area (Å²) in [7, 11) is -3.84. The van der Waals surface area contributed by atoms with E-state index in [-0.39, 0.29) is 22.9 Å². The van der Waals surface area contributed by atoms with E-state index in [9.17, 15) is 17.6 Å². The molecule has 2 rings (SSSR count). The zero-order valence-electron chi connectivity index (χ0n) is 15.6. The van der Waals surface area contributed by atoms with Gasteiger partial charge in [0.05, 0.1) is 23.0 Å². The molecule has 0 aromatic heterocycles. The molecule has 0 radical (unpaired) electrons. The molecule has 0 aliphatic heterocycles. The second kappa shape index (κ2) is 9.11. The van der Waals surface area contributed by atoms with E-state index in [4.69, 9.17) is 23.2 Å². The summed E-state index contributed by atoms with van der Waals surface area (Å²) >= 11 is 12.2. The Kier molecular flexibility index (Phi) is 7.31. The quantitative estimate of drug-likeness (QED) is 0.677. The lowest BCUT2D eigenvalue weighted by molar-refractivity contribution is -0.122. The maximum Gasteiger partial charge on any atom is 0.244 e. The number of halogens is 3. The van der Waals surface area contributed by atoms with Gasteiger partial charge in [0, 0.05) is 5.02 Å². The van der Waals surface area contributed by atoms with E-state index < -0.39 is 28.0 Å². The second-order valence-corrected chi connectivity index (χ2v) is 9.06. The highest BCUT2D eigenvalue weighted by Crippen LogP contribution is 2.33. The summed E-state index contributed by atoms with van der Waals surface area (Å²) in [4.78, 5) is 12.9. The molecule has 1 amide bonds. The van der Waals surface area contributed by atoms with Gasteiger partial charge in [0.2, 0.25) is 15.9 Å². The number of hydrogen-bond donors (Lipinski definition) is 1. The smallest absolute Gasteiger partial charge is 0.244 e. The summed E-state index contributed by atoms with van der Waals surface area (Å²) in [5.74, 6) is -0.881. The highest BCUT2D eigenvalue weighted by Gasteiger charge is 2.33. The lowest BCUT2D eigenvalue weighted by Gasteiger charge is -2.31. The molecule has 0 saturated heterocycles. The lowest BCUT2D eigenvalue weighted by atomic mass is 10.1. The van der Waals surface area contributed by atoms with Crippen LogP contribution in [0.5, 0.6) is 0 Å². The van der Waals surface area contributed by atoms with E-state index >= 15 is 0 Å². The molecule has 28 heavy (non-hydrogen) atoms. The molecule has 5 nitrogen and oxygen atoms in total. The fraction of sp³-hybridized carbons (Fsp3) is 0.316. The van der Waals surface area contributed by atoms with Crippen LogP contribution in [-0.4, -0.2) is 26.6 Å². The molecular weight excluding hydrogens is 426 g/mol. The van der Waals surface area contributed by atoms with Crippen molar-refractivity contribution in [3.05, 3.63) is 63.9 Å². The van der Waals surface area contributed by atoms with Crippen LogP contribution in [0.15, 0.2) is 42.5 Å². The number of anilines is 1. The van der Waals surface area contributed by atoms with Crippen LogP contribution in [0.1, 0.15) is 31.9 Å². The van der Waals surface area contributed by atoms with Gasteiger partial charge in [0.15, 0.2) is 0 Å². The Morgan fingerprint density at radius 1 is 1.18 bits per heavy atom. The highest BCUT2D eigenvalue weighted by molar-refractivity contribution is 7.92. The number of hydrogen-bond acceptors (Lipinski definition) is 3. The Hall–Kier alpha value is -1.83. The Morgan fingerprint density at radius 2 is 1.79 bits per heavy atom. The fourth-order valence-electron chi connectivity index (χ4n) is 2.83. The number of sulfonamides is 1. The first kappa shape index (κ1) is 22.5. The van der Waals surface area contributed by atoms with Gasteiger partial charge in [-0.15, -0.1) is 0 Å². The minimum absolute atomic E-state index is 0.133. The molecule has 0 aliphatic carbocycles. The molecule has 2 aromatic carbocycles. The standard InChI is InChI=1S/C19H21Cl2FN2O3S/c1-4-17(19(25)23-12(2)13-5-8-15(22)9-6-13)24(28(3,26)27)18-11-14(20)7-10-16(18)21/h5-12,17H,4H2,1-3H3,(H,23,25)/t12-,17+/m1/s1. The lowest BCUT2D eigenvalue weighted by Crippen LogP contribution is -2.49. The normalized spacial score (nSPS) is 13.6. The third kappa shape index (κ3) is 5.37. The van der Waals surface area contributed by atoms with Gasteiger partial charge in [-0.1, -0.05) is 42.3 Å². The van der Waals surface area contributed by atoms with Crippen molar-refractivity contribution in [1.29, 1.82) is 0 Å². The van der Waals surface area contributed by atoms with Gasteiger partial charge in [-0.3, -0.25) is 9.10 Å². The van der Waals surface area contributed by atoms with Gasteiger partial charge in [0.25, 0.3) is 0 Å². The van der Waals surface area contributed by atoms with Crippen LogP contribution < -0.4 is 9.62 Å². The third-order valence-corrected chi connectivity index (χ3v) is 5.92. The number of carbonyl (C=O) groups is 1. The maximum atomic E-state index is 13.1. The fourth-order valence-corrected chi connectivity index (χ4v) is 4.47. The average Bonchev–Trinajstić information content (AvgIpc) is 2.61. The van der Waals surface area contributed by atoms with Crippen molar-refractivity contribution in [3.8, 4) is 0 Å². The molecule has 0 saturated carbocycles. The Labute approximate surface area is 174 Å². The molecule has 9 heteroatoms. The van der Waals surface area contributed by atoms with Crippen LogP contribution in [0.3, 0.4) is 0 Å². The molecule has 2 atom stereocenters.